The second-order valence-corrected chi connectivity index (χ2v) is 5.14. The van der Waals surface area contributed by atoms with Crippen molar-refractivity contribution in [2.75, 3.05) is 6.54 Å². The predicted octanol–water partition coefficient (Wildman–Crippen LogP) is 3.44. The Balaban J connectivity index is 2.65. The van der Waals surface area contributed by atoms with Crippen LogP contribution in [0.4, 0.5) is 13.2 Å². The molecule has 1 atom stereocenters. The molecule has 0 aromatic heterocycles. The van der Waals surface area contributed by atoms with Gasteiger partial charge in [0.15, 0.2) is 11.6 Å². The average molecular weight is 243 g/mol. The van der Waals surface area contributed by atoms with Gasteiger partial charge < -0.3 is 5.32 Å². The van der Waals surface area contributed by atoms with Crippen LogP contribution < -0.4 is 5.32 Å². The number of rotatable bonds is 2. The van der Waals surface area contributed by atoms with Crippen LogP contribution >= 0.6 is 0 Å². The second-order valence-electron chi connectivity index (χ2n) is 5.14. The van der Waals surface area contributed by atoms with Gasteiger partial charge in [-0.25, -0.2) is 13.2 Å². The van der Waals surface area contributed by atoms with Gasteiger partial charge in [0, 0.05) is 23.2 Å². The summed E-state index contributed by atoms with van der Waals surface area (Å²) in [6.45, 7) is 6.23. The Hall–Kier alpha value is -1.03. The average Bonchev–Trinajstić information content (AvgIpc) is 2.47. The fraction of sp³-hybridized carbons (Fsp3) is 0.538. The van der Waals surface area contributed by atoms with E-state index in [-0.39, 0.29) is 11.6 Å². The molecule has 0 aliphatic heterocycles. The molecule has 1 nitrogen and oxygen atoms in total. The number of halogens is 3. The zero-order valence-corrected chi connectivity index (χ0v) is 10.2. The van der Waals surface area contributed by atoms with E-state index in [9.17, 15) is 13.2 Å². The molecule has 0 saturated carbocycles. The quantitative estimate of drug-likeness (QED) is 0.785. The minimum Gasteiger partial charge on any atom is -0.310 e. The van der Waals surface area contributed by atoms with Crippen molar-refractivity contribution in [3.05, 3.63) is 34.6 Å². The van der Waals surface area contributed by atoms with E-state index < -0.39 is 22.9 Å². The van der Waals surface area contributed by atoms with Crippen LogP contribution in [0.1, 0.15) is 44.4 Å². The Morgan fingerprint density at radius 3 is 2.53 bits per heavy atom. The summed E-state index contributed by atoms with van der Waals surface area (Å²) >= 11 is 0. The Labute approximate surface area is 99.0 Å². The monoisotopic (exact) mass is 243 g/mol. The smallest absolute Gasteiger partial charge is 0.164 e. The van der Waals surface area contributed by atoms with Crippen molar-refractivity contribution in [2.24, 2.45) is 0 Å². The maximum absolute atomic E-state index is 13.8. The van der Waals surface area contributed by atoms with E-state index in [4.69, 9.17) is 0 Å². The minimum atomic E-state index is -1.11. The molecule has 1 N–H and O–H groups in total. The summed E-state index contributed by atoms with van der Waals surface area (Å²) in [5.74, 6) is -2.68. The van der Waals surface area contributed by atoms with E-state index in [0.29, 0.717) is 24.6 Å². The summed E-state index contributed by atoms with van der Waals surface area (Å²) in [5.41, 5.74) is -0.00227. The van der Waals surface area contributed by atoms with Gasteiger partial charge in [-0.3, -0.25) is 0 Å². The van der Waals surface area contributed by atoms with Crippen LogP contribution in [0.5, 0.6) is 0 Å². The van der Waals surface area contributed by atoms with Crippen LogP contribution in [-0.4, -0.2) is 6.54 Å². The lowest BCUT2D eigenvalue weighted by Gasteiger charge is -2.19. The van der Waals surface area contributed by atoms with E-state index in [1.807, 2.05) is 20.8 Å². The van der Waals surface area contributed by atoms with Crippen LogP contribution in [0.15, 0.2) is 6.07 Å². The third-order valence-electron chi connectivity index (χ3n) is 3.40. The summed E-state index contributed by atoms with van der Waals surface area (Å²) in [5, 5.41) is 3.08. The number of benzene rings is 1. The SMILES string of the molecule is CCNC1CC(C)(C)c2c(F)cc(F)c(F)c21. The first kappa shape index (κ1) is 12.4. The van der Waals surface area contributed by atoms with Gasteiger partial charge in [-0.15, -0.1) is 0 Å². The molecule has 2 rings (SSSR count). The van der Waals surface area contributed by atoms with Gasteiger partial charge in [0.1, 0.15) is 5.82 Å². The van der Waals surface area contributed by atoms with Crippen molar-refractivity contribution in [1.29, 1.82) is 0 Å². The van der Waals surface area contributed by atoms with Crippen molar-refractivity contribution < 1.29 is 13.2 Å². The van der Waals surface area contributed by atoms with Crippen molar-refractivity contribution in [2.45, 2.75) is 38.6 Å². The van der Waals surface area contributed by atoms with Crippen molar-refractivity contribution in [3.63, 3.8) is 0 Å². The lowest BCUT2D eigenvalue weighted by molar-refractivity contribution is 0.421. The molecule has 0 heterocycles. The standard InChI is InChI=1S/C13H16F3N/c1-4-17-9-6-13(2,3)11-7(14)5-8(15)12(16)10(9)11/h5,9,17H,4,6H2,1-3H3. The van der Waals surface area contributed by atoms with Crippen LogP contribution in [0.3, 0.4) is 0 Å². The zero-order valence-electron chi connectivity index (χ0n) is 10.2. The first-order chi connectivity index (χ1) is 7.88. The third-order valence-corrected chi connectivity index (χ3v) is 3.40. The summed E-state index contributed by atoms with van der Waals surface area (Å²) < 4.78 is 40.9. The van der Waals surface area contributed by atoms with Gasteiger partial charge in [-0.2, -0.15) is 0 Å². The van der Waals surface area contributed by atoms with E-state index >= 15 is 0 Å². The summed E-state index contributed by atoms with van der Waals surface area (Å²) in [6, 6.07) is 0.333. The van der Waals surface area contributed by atoms with Crippen molar-refractivity contribution in [3.8, 4) is 0 Å². The summed E-state index contributed by atoms with van der Waals surface area (Å²) in [7, 11) is 0. The molecule has 0 fully saturated rings. The van der Waals surface area contributed by atoms with Crippen molar-refractivity contribution >= 4 is 0 Å². The molecule has 0 radical (unpaired) electrons. The molecular weight excluding hydrogens is 227 g/mol. The zero-order chi connectivity index (χ0) is 12.8. The predicted molar refractivity (Wildman–Crippen MR) is 60.4 cm³/mol. The highest BCUT2D eigenvalue weighted by Gasteiger charge is 2.41. The molecule has 17 heavy (non-hydrogen) atoms. The Bertz CT molecular complexity index is 454. The molecule has 94 valence electrons. The third kappa shape index (κ3) is 1.84. The highest BCUT2D eigenvalue weighted by atomic mass is 19.2. The normalized spacial score (nSPS) is 21.6. The topological polar surface area (TPSA) is 12.0 Å². The maximum Gasteiger partial charge on any atom is 0.164 e. The molecule has 0 amide bonds. The number of hydrogen-bond donors (Lipinski definition) is 1. The second kappa shape index (κ2) is 4.02. The van der Waals surface area contributed by atoms with Gasteiger partial charge >= 0.3 is 0 Å². The fourth-order valence-electron chi connectivity index (χ4n) is 2.76. The molecule has 0 bridgehead atoms. The fourth-order valence-corrected chi connectivity index (χ4v) is 2.76. The highest BCUT2D eigenvalue weighted by Crippen LogP contribution is 2.47. The van der Waals surface area contributed by atoms with Crippen LogP contribution in [-0.2, 0) is 5.41 Å². The van der Waals surface area contributed by atoms with Gasteiger partial charge in [0.25, 0.3) is 0 Å². The summed E-state index contributed by atoms with van der Waals surface area (Å²) in [6.07, 6.45) is 0.577. The van der Waals surface area contributed by atoms with Crippen LogP contribution in [0.25, 0.3) is 0 Å². The van der Waals surface area contributed by atoms with E-state index in [0.717, 1.165) is 0 Å². The highest BCUT2D eigenvalue weighted by molar-refractivity contribution is 5.43. The molecule has 1 unspecified atom stereocenters. The molecule has 0 spiro atoms. The molecule has 1 aliphatic carbocycles. The Morgan fingerprint density at radius 2 is 1.94 bits per heavy atom. The lowest BCUT2D eigenvalue weighted by atomic mass is 9.86. The molecule has 4 heteroatoms. The largest absolute Gasteiger partial charge is 0.310 e. The van der Waals surface area contributed by atoms with Gasteiger partial charge in [-0.1, -0.05) is 20.8 Å². The summed E-state index contributed by atoms with van der Waals surface area (Å²) in [4.78, 5) is 0. The van der Waals surface area contributed by atoms with E-state index in [1.165, 1.54) is 0 Å². The van der Waals surface area contributed by atoms with Crippen LogP contribution in [0, 0.1) is 17.5 Å². The van der Waals surface area contributed by atoms with Gasteiger partial charge in [-0.05, 0) is 18.4 Å². The first-order valence-electron chi connectivity index (χ1n) is 5.79. The number of nitrogens with one attached hydrogen (secondary N) is 1. The minimum absolute atomic E-state index is 0.161. The van der Waals surface area contributed by atoms with Crippen molar-refractivity contribution in [1.82, 2.24) is 5.32 Å². The number of fused-ring (bicyclic) bond motifs is 1. The first-order valence-corrected chi connectivity index (χ1v) is 5.79. The number of hydrogen-bond acceptors (Lipinski definition) is 1. The molecule has 1 aliphatic rings. The van der Waals surface area contributed by atoms with E-state index in [1.54, 1.807) is 0 Å². The molecule has 1 aromatic rings. The van der Waals surface area contributed by atoms with Gasteiger partial charge in [0.05, 0.1) is 0 Å². The Kier molecular flexibility index (Phi) is 2.94. The van der Waals surface area contributed by atoms with Crippen LogP contribution in [0.2, 0.25) is 0 Å². The Morgan fingerprint density at radius 1 is 1.29 bits per heavy atom. The molecular formula is C13H16F3N. The molecule has 1 aromatic carbocycles. The van der Waals surface area contributed by atoms with Gasteiger partial charge in [0.2, 0.25) is 0 Å². The lowest BCUT2D eigenvalue weighted by Crippen LogP contribution is -2.21. The maximum atomic E-state index is 13.8. The molecule has 0 saturated heterocycles. The van der Waals surface area contributed by atoms with E-state index in [2.05, 4.69) is 5.32 Å².